The molecule has 0 saturated carbocycles. The van der Waals surface area contributed by atoms with Crippen molar-refractivity contribution >= 4 is 12.7 Å². The van der Waals surface area contributed by atoms with Crippen molar-refractivity contribution in [3.8, 4) is 5.75 Å². The van der Waals surface area contributed by atoms with Gasteiger partial charge in [-0.25, -0.2) is 0 Å². The number of methoxy groups -OCH3 is 1. The summed E-state index contributed by atoms with van der Waals surface area (Å²) in [5.74, 6) is 0.553. The Morgan fingerprint density at radius 3 is 2.06 bits per heavy atom. The number of benzene rings is 1. The molecule has 0 radical (unpaired) electrons. The van der Waals surface area contributed by atoms with E-state index in [1.165, 1.54) is 31.4 Å². The number of azide groups is 1. The van der Waals surface area contributed by atoms with E-state index >= 15 is 0 Å². The van der Waals surface area contributed by atoms with E-state index in [0.717, 1.165) is 0 Å². The predicted octanol–water partition coefficient (Wildman–Crippen LogP) is 3.13. The van der Waals surface area contributed by atoms with Crippen LogP contribution in [0.2, 0.25) is 0 Å². The van der Waals surface area contributed by atoms with Gasteiger partial charge in [-0.15, -0.1) is 0 Å². The van der Waals surface area contributed by atoms with E-state index in [1.807, 2.05) is 0 Å². The van der Waals surface area contributed by atoms with Gasteiger partial charge in [0, 0.05) is 15.1 Å². The number of rotatable bonds is 4. The zero-order chi connectivity index (χ0) is 12.0. The van der Waals surface area contributed by atoms with E-state index in [4.69, 9.17) is 15.8 Å². The third-order valence-electron chi connectivity index (χ3n) is 1.73. The molecule has 8 nitrogen and oxygen atoms in total. The van der Waals surface area contributed by atoms with E-state index in [1.54, 1.807) is 0 Å². The maximum absolute atomic E-state index is 11.9. The highest BCUT2D eigenvalue weighted by molar-refractivity contribution is 7.68. The highest BCUT2D eigenvalue weighted by Gasteiger charge is 2.21. The van der Waals surface area contributed by atoms with Gasteiger partial charge in [0.05, 0.1) is 7.11 Å². The Morgan fingerprint density at radius 1 is 1.19 bits per heavy atom. The van der Waals surface area contributed by atoms with Gasteiger partial charge in [-0.3, -0.25) is 0 Å². The number of hydrogen-bond acceptors (Lipinski definition) is 2. The Bertz CT molecular complexity index is 492. The number of nitrogens with zero attached hydrogens (tertiary/aromatic N) is 6. The Kier molecular flexibility index (Phi) is 3.80. The van der Waals surface area contributed by atoms with Gasteiger partial charge in [-0.05, 0) is 45.1 Å². The van der Waals surface area contributed by atoms with Crippen molar-refractivity contribution in [3.63, 3.8) is 0 Å². The zero-order valence-electron chi connectivity index (χ0n) is 8.26. The highest BCUT2D eigenvalue weighted by atomic mass is 31.2. The summed E-state index contributed by atoms with van der Waals surface area (Å²) >= 11 is 0. The molecular formula is C7H7N6O2P. The summed E-state index contributed by atoms with van der Waals surface area (Å²) in [4.78, 5) is 10.9. The standard InChI is InChI=1S/C7H7N6O2P/c1-15-6-2-4-7(5-3-6)16(14,12-10-8)13-11-9/h2-5H,1H3. The summed E-state index contributed by atoms with van der Waals surface area (Å²) in [5, 5.41) is 0.156. The second-order valence-electron chi connectivity index (χ2n) is 2.60. The zero-order valence-corrected chi connectivity index (χ0v) is 9.15. The molecule has 0 N–H and O–H groups in total. The van der Waals surface area contributed by atoms with Crippen molar-refractivity contribution in [1.29, 1.82) is 0 Å². The monoisotopic (exact) mass is 238 g/mol. The first kappa shape index (κ1) is 11.9. The molecule has 0 fully saturated rings. The fourth-order valence-corrected chi connectivity index (χ4v) is 2.00. The van der Waals surface area contributed by atoms with E-state index in [2.05, 4.69) is 19.6 Å². The molecule has 82 valence electrons. The Balaban J connectivity index is 3.27. The maximum atomic E-state index is 11.9. The van der Waals surface area contributed by atoms with E-state index < -0.39 is 7.44 Å². The molecule has 0 amide bonds. The van der Waals surface area contributed by atoms with Crippen LogP contribution in [0.1, 0.15) is 0 Å². The number of hydrogen-bond donors (Lipinski definition) is 0. The second kappa shape index (κ2) is 5.09. The average molecular weight is 238 g/mol. The Morgan fingerprint density at radius 2 is 1.69 bits per heavy atom. The Labute approximate surface area is 90.6 Å². The topological polar surface area (TPSA) is 124 Å². The third kappa shape index (κ3) is 2.46. The number of ether oxygens (including phenoxy) is 1. The van der Waals surface area contributed by atoms with Gasteiger partial charge in [0.25, 0.3) is 7.44 Å². The second-order valence-corrected chi connectivity index (χ2v) is 4.56. The molecule has 1 aromatic rings. The summed E-state index contributed by atoms with van der Waals surface area (Å²) in [7, 11) is -2.26. The molecule has 0 aliphatic rings. The van der Waals surface area contributed by atoms with Crippen LogP contribution in [0.5, 0.6) is 5.75 Å². The highest BCUT2D eigenvalue weighted by Crippen LogP contribution is 2.48. The molecule has 0 bridgehead atoms. The van der Waals surface area contributed by atoms with Crippen LogP contribution in [-0.4, -0.2) is 7.11 Å². The fourth-order valence-electron chi connectivity index (χ4n) is 1.01. The molecule has 0 saturated heterocycles. The van der Waals surface area contributed by atoms with Gasteiger partial charge in [0.1, 0.15) is 5.75 Å². The minimum absolute atomic E-state index is 0.156. The first-order valence-electron chi connectivity index (χ1n) is 4.04. The smallest absolute Gasteiger partial charge is 0.285 e. The van der Waals surface area contributed by atoms with Crippen LogP contribution in [-0.2, 0) is 4.57 Å². The molecule has 0 unspecified atom stereocenters. The lowest BCUT2D eigenvalue weighted by atomic mass is 10.3. The first-order valence-corrected chi connectivity index (χ1v) is 5.65. The van der Waals surface area contributed by atoms with Crippen LogP contribution < -0.4 is 10.0 Å². The van der Waals surface area contributed by atoms with Crippen LogP contribution in [0.25, 0.3) is 20.9 Å². The lowest BCUT2D eigenvalue weighted by molar-refractivity contribution is 0.415. The van der Waals surface area contributed by atoms with Crippen LogP contribution in [0.3, 0.4) is 0 Å². The third-order valence-corrected chi connectivity index (χ3v) is 3.35. The van der Waals surface area contributed by atoms with Crippen LogP contribution >= 0.6 is 7.44 Å². The van der Waals surface area contributed by atoms with Gasteiger partial charge >= 0.3 is 0 Å². The summed E-state index contributed by atoms with van der Waals surface area (Å²) in [6, 6.07) is 5.90. The molecule has 1 aromatic carbocycles. The van der Waals surface area contributed by atoms with Crippen molar-refractivity contribution in [2.75, 3.05) is 7.11 Å². The van der Waals surface area contributed by atoms with Gasteiger partial charge < -0.3 is 9.30 Å². The van der Waals surface area contributed by atoms with Crippen LogP contribution in [0, 0.1) is 0 Å². The first-order chi connectivity index (χ1) is 7.66. The normalized spacial score (nSPS) is 12.8. The summed E-state index contributed by atoms with van der Waals surface area (Å²) < 4.78 is 16.8. The van der Waals surface area contributed by atoms with E-state index in [0.29, 0.717) is 5.75 Å². The van der Waals surface area contributed by atoms with Gasteiger partial charge in [0.2, 0.25) is 0 Å². The molecular weight excluding hydrogens is 231 g/mol. The summed E-state index contributed by atoms with van der Waals surface area (Å²) in [6.45, 7) is 0. The lowest BCUT2D eigenvalue weighted by Gasteiger charge is -2.06. The predicted molar refractivity (Wildman–Crippen MR) is 58.5 cm³/mol. The molecule has 0 aromatic heterocycles. The minimum atomic E-state index is -3.74. The average Bonchev–Trinajstić information content (AvgIpc) is 2.30. The Hall–Kier alpha value is -2.13. The molecule has 9 heteroatoms. The van der Waals surface area contributed by atoms with Crippen molar-refractivity contribution in [2.24, 2.45) is 9.77 Å². The fraction of sp³-hybridized carbons (Fsp3) is 0.143. The van der Waals surface area contributed by atoms with Crippen molar-refractivity contribution in [3.05, 3.63) is 45.2 Å². The van der Waals surface area contributed by atoms with Crippen molar-refractivity contribution in [2.45, 2.75) is 0 Å². The van der Waals surface area contributed by atoms with Gasteiger partial charge in [-0.2, -0.15) is 0 Å². The molecule has 0 aliphatic carbocycles. The van der Waals surface area contributed by atoms with Crippen molar-refractivity contribution in [1.82, 2.24) is 0 Å². The van der Waals surface area contributed by atoms with Crippen LogP contribution in [0.4, 0.5) is 0 Å². The molecule has 1 rings (SSSR count). The van der Waals surface area contributed by atoms with Crippen molar-refractivity contribution < 1.29 is 9.30 Å². The summed E-state index contributed by atoms with van der Waals surface area (Å²) in [6.07, 6.45) is 0. The molecule has 0 atom stereocenters. The largest absolute Gasteiger partial charge is 0.497 e. The van der Waals surface area contributed by atoms with Crippen LogP contribution in [0.15, 0.2) is 34.0 Å². The van der Waals surface area contributed by atoms with Gasteiger partial charge in [-0.1, -0.05) is 0 Å². The quantitative estimate of drug-likeness (QED) is 0.346. The molecule has 0 spiro atoms. The lowest BCUT2D eigenvalue weighted by Crippen LogP contribution is -2.00. The van der Waals surface area contributed by atoms with Gasteiger partial charge in [0.15, 0.2) is 0 Å². The summed E-state index contributed by atoms with van der Waals surface area (Å²) in [5.41, 5.74) is 16.5. The molecule has 0 heterocycles. The molecule has 0 aliphatic heterocycles. The van der Waals surface area contributed by atoms with E-state index in [-0.39, 0.29) is 5.30 Å². The van der Waals surface area contributed by atoms with E-state index in [9.17, 15) is 4.57 Å². The minimum Gasteiger partial charge on any atom is -0.497 e. The molecule has 16 heavy (non-hydrogen) atoms. The SMILES string of the molecule is COc1ccc(P(=O)(N=[N+]=[N-])N=[N+]=[N-])cc1. The maximum Gasteiger partial charge on any atom is 0.285 e.